The number of carbonyl (C=O) groups is 3. The molecule has 0 spiro atoms. The number of benzene rings is 2. The lowest BCUT2D eigenvalue weighted by atomic mass is 9.98. The van der Waals surface area contributed by atoms with Gasteiger partial charge in [-0.2, -0.15) is 13.2 Å². The first kappa shape index (κ1) is 25.8. The highest BCUT2D eigenvalue weighted by molar-refractivity contribution is 5.90. The number of hydrogen-bond donors (Lipinski definition) is 3. The van der Waals surface area contributed by atoms with Gasteiger partial charge < -0.3 is 20.5 Å². The van der Waals surface area contributed by atoms with E-state index >= 15 is 0 Å². The number of allylic oxidation sites excluding steroid dienone is 1. The molecule has 35 heavy (non-hydrogen) atoms. The van der Waals surface area contributed by atoms with Crippen molar-refractivity contribution in [3.63, 3.8) is 0 Å². The Morgan fingerprint density at radius 2 is 1.54 bits per heavy atom. The van der Waals surface area contributed by atoms with E-state index in [2.05, 4.69) is 0 Å². The zero-order valence-electron chi connectivity index (χ0n) is 19.1. The molecule has 0 fully saturated rings. The summed E-state index contributed by atoms with van der Waals surface area (Å²) < 4.78 is 45.7. The van der Waals surface area contributed by atoms with Crippen molar-refractivity contribution in [3.8, 4) is 11.1 Å². The van der Waals surface area contributed by atoms with Crippen molar-refractivity contribution in [1.82, 2.24) is 10.6 Å². The largest absolute Gasteiger partial charge is 0.480 e. The Morgan fingerprint density at radius 3 is 2.03 bits per heavy atom. The van der Waals surface area contributed by atoms with Gasteiger partial charge in [-0.3, -0.25) is 4.79 Å². The second-order valence-electron chi connectivity index (χ2n) is 8.36. The van der Waals surface area contributed by atoms with Crippen molar-refractivity contribution in [1.29, 1.82) is 0 Å². The highest BCUT2D eigenvalue weighted by Gasteiger charge is 2.47. The van der Waals surface area contributed by atoms with Gasteiger partial charge in [-0.05, 0) is 42.5 Å². The molecule has 0 bridgehead atoms. The molecule has 10 heteroatoms. The van der Waals surface area contributed by atoms with E-state index in [-0.39, 0.29) is 18.9 Å². The van der Waals surface area contributed by atoms with Crippen molar-refractivity contribution in [2.24, 2.45) is 0 Å². The van der Waals surface area contributed by atoms with Gasteiger partial charge >= 0.3 is 18.2 Å². The number of halogens is 3. The van der Waals surface area contributed by atoms with Gasteiger partial charge in [0.15, 0.2) is 0 Å². The molecular weight excluding hydrogens is 465 g/mol. The zero-order valence-corrected chi connectivity index (χ0v) is 19.1. The van der Waals surface area contributed by atoms with E-state index in [1.807, 2.05) is 53.8 Å². The van der Waals surface area contributed by atoms with E-state index in [1.54, 1.807) is 13.8 Å². The normalized spacial score (nSPS) is 14.2. The Kier molecular flexibility index (Phi) is 7.83. The Balaban J connectivity index is 1.69. The van der Waals surface area contributed by atoms with Crippen LogP contribution >= 0.6 is 0 Å². The van der Waals surface area contributed by atoms with Crippen LogP contribution in [-0.4, -0.2) is 47.9 Å². The number of nitrogens with one attached hydrogen (secondary N) is 2. The SMILES string of the molecule is CC(C)=CCC(NC(=O)C(NC(=O)OCC1c2ccccc2-c2ccccc21)C(F)(F)F)C(=O)O. The average Bonchev–Trinajstić information content (AvgIpc) is 3.11. The zero-order chi connectivity index (χ0) is 25.8. The van der Waals surface area contributed by atoms with Crippen LogP contribution in [0.25, 0.3) is 11.1 Å². The number of ether oxygens (including phenoxy) is 1. The predicted octanol–water partition coefficient (Wildman–Crippen LogP) is 4.38. The molecule has 1 aliphatic carbocycles. The van der Waals surface area contributed by atoms with Gasteiger partial charge in [0.05, 0.1) is 0 Å². The maximum absolute atomic E-state index is 13.5. The van der Waals surface area contributed by atoms with Crippen molar-refractivity contribution in [2.45, 2.75) is 44.4 Å². The molecule has 186 valence electrons. The van der Waals surface area contributed by atoms with E-state index in [0.717, 1.165) is 27.8 Å². The summed E-state index contributed by atoms with van der Waals surface area (Å²) in [5.74, 6) is -3.58. The molecule has 2 atom stereocenters. The number of amides is 2. The summed E-state index contributed by atoms with van der Waals surface area (Å²) in [4.78, 5) is 35.9. The Morgan fingerprint density at radius 1 is 1.00 bits per heavy atom. The molecule has 0 radical (unpaired) electrons. The van der Waals surface area contributed by atoms with E-state index in [4.69, 9.17) is 4.74 Å². The highest BCUT2D eigenvalue weighted by atomic mass is 19.4. The number of alkyl carbamates (subject to hydrolysis) is 1. The Bertz CT molecular complexity index is 1100. The fourth-order valence-electron chi connectivity index (χ4n) is 3.88. The molecule has 2 unspecified atom stereocenters. The van der Waals surface area contributed by atoms with Crippen LogP contribution in [-0.2, 0) is 14.3 Å². The molecule has 2 amide bonds. The number of hydrogen-bond acceptors (Lipinski definition) is 4. The lowest BCUT2D eigenvalue weighted by Crippen LogP contribution is -2.57. The van der Waals surface area contributed by atoms with E-state index in [9.17, 15) is 32.7 Å². The highest BCUT2D eigenvalue weighted by Crippen LogP contribution is 2.44. The van der Waals surface area contributed by atoms with Gasteiger partial charge in [-0.25, -0.2) is 9.59 Å². The molecule has 0 saturated carbocycles. The first-order chi connectivity index (χ1) is 16.5. The molecule has 3 N–H and O–H groups in total. The summed E-state index contributed by atoms with van der Waals surface area (Å²) in [5, 5.41) is 12.6. The third-order valence-electron chi connectivity index (χ3n) is 5.57. The van der Waals surface area contributed by atoms with Gasteiger partial charge in [0.1, 0.15) is 12.6 Å². The number of carbonyl (C=O) groups excluding carboxylic acids is 2. The van der Waals surface area contributed by atoms with Crippen LogP contribution < -0.4 is 10.6 Å². The second-order valence-corrected chi connectivity index (χ2v) is 8.36. The van der Waals surface area contributed by atoms with Crippen molar-refractivity contribution < 1.29 is 37.4 Å². The van der Waals surface area contributed by atoms with E-state index in [1.165, 1.54) is 11.4 Å². The minimum absolute atomic E-state index is 0.209. The van der Waals surface area contributed by atoms with Crippen LogP contribution in [0.3, 0.4) is 0 Å². The lowest BCUT2D eigenvalue weighted by molar-refractivity contribution is -0.169. The van der Waals surface area contributed by atoms with Crippen LogP contribution in [0.2, 0.25) is 0 Å². The molecule has 0 saturated heterocycles. The third-order valence-corrected chi connectivity index (χ3v) is 5.57. The minimum Gasteiger partial charge on any atom is -0.480 e. The summed E-state index contributed by atoms with van der Waals surface area (Å²) in [6, 6.07) is 10.3. The number of alkyl halides is 3. The average molecular weight is 490 g/mol. The topological polar surface area (TPSA) is 105 Å². The first-order valence-corrected chi connectivity index (χ1v) is 10.8. The molecule has 3 rings (SSSR count). The van der Waals surface area contributed by atoms with Crippen LogP contribution in [0.4, 0.5) is 18.0 Å². The standard InChI is InChI=1S/C25H25F3N2O5/c1-14(2)11-12-20(23(32)33)29-22(31)21(25(26,27)28)30-24(34)35-13-19-17-9-5-3-7-15(17)16-8-4-6-10-18(16)19/h3-11,19-21H,12-13H2,1-2H3,(H,29,31)(H,30,34)(H,32,33). The van der Waals surface area contributed by atoms with Gasteiger partial charge in [-0.1, -0.05) is 60.2 Å². The first-order valence-electron chi connectivity index (χ1n) is 10.8. The molecule has 1 aliphatic rings. The van der Waals surface area contributed by atoms with Crippen molar-refractivity contribution in [2.75, 3.05) is 6.61 Å². The van der Waals surface area contributed by atoms with Crippen LogP contribution in [0.1, 0.15) is 37.3 Å². The smallest absolute Gasteiger partial charge is 0.417 e. The molecule has 2 aromatic carbocycles. The Labute approximate surface area is 200 Å². The molecule has 0 aliphatic heterocycles. The monoisotopic (exact) mass is 490 g/mol. The maximum Gasteiger partial charge on any atom is 0.417 e. The van der Waals surface area contributed by atoms with Crippen LogP contribution in [0, 0.1) is 0 Å². The summed E-state index contributed by atoms with van der Waals surface area (Å²) in [6.45, 7) is 3.11. The summed E-state index contributed by atoms with van der Waals surface area (Å²) in [5.41, 5.74) is 4.36. The number of rotatable bonds is 8. The maximum atomic E-state index is 13.5. The fourth-order valence-corrected chi connectivity index (χ4v) is 3.88. The quantitative estimate of drug-likeness (QED) is 0.477. The molecule has 0 aromatic heterocycles. The summed E-state index contributed by atoms with van der Waals surface area (Å²) >= 11 is 0. The number of carboxylic acids is 1. The predicted molar refractivity (Wildman–Crippen MR) is 122 cm³/mol. The van der Waals surface area contributed by atoms with Crippen LogP contribution in [0.5, 0.6) is 0 Å². The number of aliphatic carboxylic acids is 1. The number of carboxylic acid groups (broad SMARTS) is 1. The second kappa shape index (κ2) is 10.6. The lowest BCUT2D eigenvalue weighted by Gasteiger charge is -2.23. The Hall–Kier alpha value is -3.82. The van der Waals surface area contributed by atoms with Crippen LogP contribution in [0.15, 0.2) is 60.2 Å². The summed E-state index contributed by atoms with van der Waals surface area (Å²) in [7, 11) is 0. The summed E-state index contributed by atoms with van der Waals surface area (Å²) in [6.07, 6.45) is -5.35. The van der Waals surface area contributed by atoms with Crippen molar-refractivity contribution >= 4 is 18.0 Å². The van der Waals surface area contributed by atoms with Gasteiger partial charge in [-0.15, -0.1) is 0 Å². The molecular formula is C25H25F3N2O5. The van der Waals surface area contributed by atoms with E-state index < -0.39 is 36.2 Å². The molecule has 7 nitrogen and oxygen atoms in total. The van der Waals surface area contributed by atoms with Gasteiger partial charge in [0, 0.05) is 5.92 Å². The van der Waals surface area contributed by atoms with Crippen molar-refractivity contribution in [3.05, 3.63) is 71.3 Å². The molecule has 0 heterocycles. The van der Waals surface area contributed by atoms with Gasteiger partial charge in [0.25, 0.3) is 5.91 Å². The van der Waals surface area contributed by atoms with Gasteiger partial charge in [0.2, 0.25) is 6.04 Å². The minimum atomic E-state index is -5.17. The third kappa shape index (κ3) is 6.20. The molecule has 2 aromatic rings. The fraction of sp³-hybridized carbons (Fsp3) is 0.320. The van der Waals surface area contributed by atoms with E-state index in [0.29, 0.717) is 0 Å². The number of fused-ring (bicyclic) bond motifs is 3.